The van der Waals surface area contributed by atoms with Gasteiger partial charge < -0.3 is 10.6 Å². The van der Waals surface area contributed by atoms with Gasteiger partial charge in [-0.25, -0.2) is 0 Å². The van der Waals surface area contributed by atoms with Crippen molar-refractivity contribution in [3.8, 4) is 0 Å². The summed E-state index contributed by atoms with van der Waals surface area (Å²) in [5.41, 5.74) is 0. The lowest BCUT2D eigenvalue weighted by Crippen LogP contribution is -2.51. The number of nitrogens with one attached hydrogen (secondary N) is 2. The molecule has 82 valence electrons. The Balaban J connectivity index is 1.62. The minimum atomic E-state index is 0.706. The van der Waals surface area contributed by atoms with Crippen LogP contribution in [0.5, 0.6) is 0 Å². The molecule has 14 heavy (non-hydrogen) atoms. The number of nitrogens with zero attached hydrogens (tertiary/aromatic N) is 1. The SMILES string of the molecule is CC(CNC1CCC1)N1CCNCC1. The second-order valence-electron chi connectivity index (χ2n) is 4.67. The average Bonchev–Trinajstić information content (AvgIpc) is 2.16. The van der Waals surface area contributed by atoms with E-state index in [2.05, 4.69) is 22.5 Å². The van der Waals surface area contributed by atoms with Crippen LogP contribution in [-0.4, -0.2) is 49.7 Å². The first-order chi connectivity index (χ1) is 6.86. The van der Waals surface area contributed by atoms with Gasteiger partial charge in [0, 0.05) is 44.8 Å². The van der Waals surface area contributed by atoms with Crippen molar-refractivity contribution in [1.29, 1.82) is 0 Å². The summed E-state index contributed by atoms with van der Waals surface area (Å²) in [4.78, 5) is 2.59. The topological polar surface area (TPSA) is 27.3 Å². The summed E-state index contributed by atoms with van der Waals surface area (Å²) in [6.07, 6.45) is 4.22. The fraction of sp³-hybridized carbons (Fsp3) is 1.00. The van der Waals surface area contributed by atoms with Gasteiger partial charge in [0.05, 0.1) is 0 Å². The predicted octanol–water partition coefficient (Wildman–Crippen LogP) is 0.422. The minimum absolute atomic E-state index is 0.706. The highest BCUT2D eigenvalue weighted by Crippen LogP contribution is 2.17. The normalized spacial score (nSPS) is 27.2. The van der Waals surface area contributed by atoms with Gasteiger partial charge in [0.1, 0.15) is 0 Å². The van der Waals surface area contributed by atoms with Crippen LogP contribution < -0.4 is 10.6 Å². The van der Waals surface area contributed by atoms with Crippen LogP contribution in [0.15, 0.2) is 0 Å². The standard InChI is InChI=1S/C11H23N3/c1-10(9-13-11-3-2-4-11)14-7-5-12-6-8-14/h10-13H,2-9H2,1H3. The first-order valence-corrected chi connectivity index (χ1v) is 6.04. The molecule has 1 aliphatic carbocycles. The van der Waals surface area contributed by atoms with Crippen LogP contribution in [0.3, 0.4) is 0 Å². The number of rotatable bonds is 4. The number of hydrogen-bond donors (Lipinski definition) is 2. The van der Waals surface area contributed by atoms with Crippen LogP contribution in [0.4, 0.5) is 0 Å². The Hall–Kier alpha value is -0.120. The van der Waals surface area contributed by atoms with Gasteiger partial charge in [0.25, 0.3) is 0 Å². The molecule has 2 fully saturated rings. The minimum Gasteiger partial charge on any atom is -0.314 e. The quantitative estimate of drug-likeness (QED) is 0.684. The van der Waals surface area contributed by atoms with Crippen molar-refractivity contribution < 1.29 is 0 Å². The van der Waals surface area contributed by atoms with E-state index >= 15 is 0 Å². The predicted molar refractivity (Wildman–Crippen MR) is 59.5 cm³/mol. The lowest BCUT2D eigenvalue weighted by atomic mass is 9.93. The van der Waals surface area contributed by atoms with E-state index in [4.69, 9.17) is 0 Å². The van der Waals surface area contributed by atoms with E-state index in [1.165, 1.54) is 38.9 Å². The molecule has 1 unspecified atom stereocenters. The molecule has 0 spiro atoms. The third kappa shape index (κ3) is 2.69. The zero-order valence-corrected chi connectivity index (χ0v) is 9.26. The fourth-order valence-corrected chi connectivity index (χ4v) is 2.20. The molecule has 3 heteroatoms. The van der Waals surface area contributed by atoms with Crippen LogP contribution in [0.25, 0.3) is 0 Å². The van der Waals surface area contributed by atoms with Gasteiger partial charge >= 0.3 is 0 Å². The molecule has 0 aromatic rings. The molecule has 2 N–H and O–H groups in total. The van der Waals surface area contributed by atoms with Gasteiger partial charge in [-0.1, -0.05) is 6.42 Å². The van der Waals surface area contributed by atoms with Crippen LogP contribution in [0.1, 0.15) is 26.2 Å². The molecule has 0 bridgehead atoms. The largest absolute Gasteiger partial charge is 0.314 e. The Labute approximate surface area is 87.2 Å². The highest BCUT2D eigenvalue weighted by atomic mass is 15.2. The Bertz CT molecular complexity index is 162. The van der Waals surface area contributed by atoms with E-state index in [1.54, 1.807) is 0 Å². The van der Waals surface area contributed by atoms with E-state index in [0.717, 1.165) is 19.1 Å². The lowest BCUT2D eigenvalue weighted by Gasteiger charge is -2.35. The zero-order chi connectivity index (χ0) is 9.80. The van der Waals surface area contributed by atoms with Gasteiger partial charge in [-0.05, 0) is 19.8 Å². The maximum atomic E-state index is 3.65. The summed E-state index contributed by atoms with van der Waals surface area (Å²) in [5, 5.41) is 7.05. The Morgan fingerprint density at radius 2 is 2.07 bits per heavy atom. The Morgan fingerprint density at radius 3 is 2.64 bits per heavy atom. The summed E-state index contributed by atoms with van der Waals surface area (Å²) < 4.78 is 0. The highest BCUT2D eigenvalue weighted by Gasteiger charge is 2.20. The van der Waals surface area contributed by atoms with Gasteiger partial charge in [-0.2, -0.15) is 0 Å². The summed E-state index contributed by atoms with van der Waals surface area (Å²) in [6.45, 7) is 8.27. The van der Waals surface area contributed by atoms with E-state index in [-0.39, 0.29) is 0 Å². The summed E-state index contributed by atoms with van der Waals surface area (Å²) in [5.74, 6) is 0. The van der Waals surface area contributed by atoms with Crippen molar-refractivity contribution in [2.45, 2.75) is 38.3 Å². The fourth-order valence-electron chi connectivity index (χ4n) is 2.20. The van der Waals surface area contributed by atoms with Crippen molar-refractivity contribution >= 4 is 0 Å². The Morgan fingerprint density at radius 1 is 1.36 bits per heavy atom. The van der Waals surface area contributed by atoms with Crippen LogP contribution in [0.2, 0.25) is 0 Å². The molecule has 1 saturated carbocycles. The van der Waals surface area contributed by atoms with E-state index in [1.807, 2.05) is 0 Å². The zero-order valence-electron chi connectivity index (χ0n) is 9.26. The summed E-state index contributed by atoms with van der Waals surface area (Å²) >= 11 is 0. The molecule has 2 aliphatic rings. The highest BCUT2D eigenvalue weighted by molar-refractivity contribution is 4.80. The molecular formula is C11H23N3. The molecule has 1 heterocycles. The molecule has 3 nitrogen and oxygen atoms in total. The van der Waals surface area contributed by atoms with Crippen LogP contribution >= 0.6 is 0 Å². The lowest BCUT2D eigenvalue weighted by molar-refractivity contribution is 0.172. The number of hydrogen-bond acceptors (Lipinski definition) is 3. The molecule has 0 amide bonds. The van der Waals surface area contributed by atoms with E-state index < -0.39 is 0 Å². The van der Waals surface area contributed by atoms with Crippen LogP contribution in [-0.2, 0) is 0 Å². The van der Waals surface area contributed by atoms with Gasteiger partial charge in [0.2, 0.25) is 0 Å². The average molecular weight is 197 g/mol. The molecule has 0 aromatic carbocycles. The maximum absolute atomic E-state index is 3.65. The van der Waals surface area contributed by atoms with Gasteiger partial charge in [0.15, 0.2) is 0 Å². The van der Waals surface area contributed by atoms with Crippen molar-refractivity contribution in [2.24, 2.45) is 0 Å². The van der Waals surface area contributed by atoms with E-state index in [0.29, 0.717) is 6.04 Å². The molecule has 1 atom stereocenters. The van der Waals surface area contributed by atoms with Crippen molar-refractivity contribution in [2.75, 3.05) is 32.7 Å². The smallest absolute Gasteiger partial charge is 0.0193 e. The first kappa shape index (κ1) is 10.4. The first-order valence-electron chi connectivity index (χ1n) is 6.04. The third-order valence-corrected chi connectivity index (χ3v) is 3.58. The van der Waals surface area contributed by atoms with Crippen molar-refractivity contribution in [1.82, 2.24) is 15.5 Å². The maximum Gasteiger partial charge on any atom is 0.0193 e. The molecule has 1 aliphatic heterocycles. The molecule has 1 saturated heterocycles. The summed E-state index contributed by atoms with van der Waals surface area (Å²) in [7, 11) is 0. The molecule has 0 aromatic heterocycles. The molecule has 0 radical (unpaired) electrons. The second kappa shape index (κ2) is 5.10. The van der Waals surface area contributed by atoms with Crippen molar-refractivity contribution in [3.05, 3.63) is 0 Å². The summed E-state index contributed by atoms with van der Waals surface area (Å²) in [6, 6.07) is 1.54. The Kier molecular flexibility index (Phi) is 3.79. The van der Waals surface area contributed by atoms with Gasteiger partial charge in [-0.15, -0.1) is 0 Å². The van der Waals surface area contributed by atoms with Gasteiger partial charge in [-0.3, -0.25) is 4.90 Å². The molecule has 2 rings (SSSR count). The van der Waals surface area contributed by atoms with E-state index in [9.17, 15) is 0 Å². The monoisotopic (exact) mass is 197 g/mol. The second-order valence-corrected chi connectivity index (χ2v) is 4.67. The van der Waals surface area contributed by atoms with Crippen LogP contribution in [0, 0.1) is 0 Å². The third-order valence-electron chi connectivity index (χ3n) is 3.58. The van der Waals surface area contributed by atoms with Crippen molar-refractivity contribution in [3.63, 3.8) is 0 Å². The number of piperazine rings is 1. The molecular weight excluding hydrogens is 174 g/mol.